The molecule has 0 spiro atoms. The molecule has 1 heterocycles. The molecule has 2 nitrogen and oxygen atoms in total. The maximum Gasteiger partial charge on any atom is 0.123 e. The Bertz CT molecular complexity index is 353. The highest BCUT2D eigenvalue weighted by molar-refractivity contribution is 5.32. The van der Waals surface area contributed by atoms with Gasteiger partial charge in [-0.3, -0.25) is 0 Å². The first-order chi connectivity index (χ1) is 7.22. The van der Waals surface area contributed by atoms with Crippen LogP contribution in [0.3, 0.4) is 0 Å². The minimum absolute atomic E-state index is 0.0329. The van der Waals surface area contributed by atoms with Crippen LogP contribution in [-0.4, -0.2) is 19.7 Å². The van der Waals surface area contributed by atoms with Crippen LogP contribution in [0.2, 0.25) is 0 Å². The van der Waals surface area contributed by atoms with Gasteiger partial charge in [0.25, 0.3) is 0 Å². The largest absolute Gasteiger partial charge is 0.372 e. The molecular formula is C12H16FNO. The van der Waals surface area contributed by atoms with E-state index in [-0.39, 0.29) is 18.0 Å². The van der Waals surface area contributed by atoms with Gasteiger partial charge < -0.3 is 10.1 Å². The van der Waals surface area contributed by atoms with Gasteiger partial charge in [0.15, 0.2) is 0 Å². The molecule has 0 bridgehead atoms. The molecule has 0 unspecified atom stereocenters. The fourth-order valence-electron chi connectivity index (χ4n) is 2.01. The summed E-state index contributed by atoms with van der Waals surface area (Å²) in [6.45, 7) is 2.76. The molecule has 2 atom stereocenters. The van der Waals surface area contributed by atoms with Crippen LogP contribution in [0.4, 0.5) is 4.39 Å². The predicted molar refractivity (Wildman–Crippen MR) is 57.3 cm³/mol. The maximum atomic E-state index is 13.2. The molecule has 3 heteroatoms. The first-order valence-corrected chi connectivity index (χ1v) is 5.29. The molecule has 82 valence electrons. The van der Waals surface area contributed by atoms with Crippen molar-refractivity contribution in [3.05, 3.63) is 35.1 Å². The van der Waals surface area contributed by atoms with Crippen molar-refractivity contribution in [2.75, 3.05) is 13.7 Å². The Labute approximate surface area is 89.4 Å². The summed E-state index contributed by atoms with van der Waals surface area (Å²) in [4.78, 5) is 0. The van der Waals surface area contributed by atoms with Gasteiger partial charge in [-0.05, 0) is 43.7 Å². The summed E-state index contributed by atoms with van der Waals surface area (Å²) in [5.74, 6) is -0.187. The molecule has 0 radical (unpaired) electrons. The number of fused-ring (bicyclic) bond motifs is 1. The monoisotopic (exact) mass is 209 g/mol. The Morgan fingerprint density at radius 1 is 1.53 bits per heavy atom. The van der Waals surface area contributed by atoms with Crippen LogP contribution >= 0.6 is 0 Å². The predicted octanol–water partition coefficient (Wildman–Crippen LogP) is 2.05. The number of hydrogen-bond acceptors (Lipinski definition) is 2. The normalized spacial score (nSPS) is 22.2. The van der Waals surface area contributed by atoms with E-state index in [0.29, 0.717) is 0 Å². The van der Waals surface area contributed by atoms with Gasteiger partial charge in [0.1, 0.15) is 5.82 Å². The number of ether oxygens (including phenoxy) is 1. The summed E-state index contributed by atoms with van der Waals surface area (Å²) in [5.41, 5.74) is 2.19. The molecule has 2 rings (SSSR count). The molecule has 1 N–H and O–H groups in total. The smallest absolute Gasteiger partial charge is 0.123 e. The molecule has 1 aliphatic heterocycles. The summed E-state index contributed by atoms with van der Waals surface area (Å²) in [6, 6.07) is 5.17. The third-order valence-electron chi connectivity index (χ3n) is 2.99. The quantitative estimate of drug-likeness (QED) is 0.805. The van der Waals surface area contributed by atoms with E-state index in [4.69, 9.17) is 4.74 Å². The van der Waals surface area contributed by atoms with Gasteiger partial charge in [-0.15, -0.1) is 0 Å². The van der Waals surface area contributed by atoms with Crippen molar-refractivity contribution in [2.24, 2.45) is 0 Å². The molecule has 0 aliphatic carbocycles. The highest BCUT2D eigenvalue weighted by atomic mass is 19.1. The second-order valence-corrected chi connectivity index (χ2v) is 3.96. The van der Waals surface area contributed by atoms with Crippen LogP contribution in [0, 0.1) is 5.82 Å². The molecule has 0 saturated carbocycles. The SMILES string of the molecule is CN[C@H](C)[C@H]1OCCc2ccc(F)cc21. The summed E-state index contributed by atoms with van der Waals surface area (Å²) < 4.78 is 18.8. The first-order valence-electron chi connectivity index (χ1n) is 5.29. The average molecular weight is 209 g/mol. The van der Waals surface area contributed by atoms with Crippen molar-refractivity contribution in [1.82, 2.24) is 5.32 Å². The van der Waals surface area contributed by atoms with Gasteiger partial charge in [0.2, 0.25) is 0 Å². The van der Waals surface area contributed by atoms with Crippen LogP contribution < -0.4 is 5.32 Å². The zero-order valence-electron chi connectivity index (χ0n) is 9.09. The lowest BCUT2D eigenvalue weighted by Gasteiger charge is -2.30. The standard InChI is InChI=1S/C12H16FNO/c1-8(14-2)12-11-7-10(13)4-3-9(11)5-6-15-12/h3-4,7-8,12,14H,5-6H2,1-2H3/t8-,12-/m1/s1. The Balaban J connectivity index is 2.36. The molecule has 0 fully saturated rings. The Hall–Kier alpha value is -0.930. The van der Waals surface area contributed by atoms with Crippen molar-refractivity contribution >= 4 is 0 Å². The zero-order chi connectivity index (χ0) is 10.8. The lowest BCUT2D eigenvalue weighted by atomic mass is 9.94. The molecule has 1 aliphatic rings. The molecule has 15 heavy (non-hydrogen) atoms. The van der Waals surface area contributed by atoms with Crippen LogP contribution in [0.1, 0.15) is 24.2 Å². The lowest BCUT2D eigenvalue weighted by Crippen LogP contribution is -2.33. The number of benzene rings is 1. The van der Waals surface area contributed by atoms with Crippen LogP contribution in [0.5, 0.6) is 0 Å². The minimum atomic E-state index is -0.187. The van der Waals surface area contributed by atoms with E-state index in [9.17, 15) is 4.39 Å². The Kier molecular flexibility index (Phi) is 3.03. The fourth-order valence-corrected chi connectivity index (χ4v) is 2.01. The number of hydrogen-bond donors (Lipinski definition) is 1. The van der Waals surface area contributed by atoms with Gasteiger partial charge >= 0.3 is 0 Å². The molecule has 0 amide bonds. The van der Waals surface area contributed by atoms with E-state index < -0.39 is 0 Å². The molecule has 0 aromatic heterocycles. The molecule has 0 saturated heterocycles. The van der Waals surface area contributed by atoms with Crippen molar-refractivity contribution in [3.63, 3.8) is 0 Å². The minimum Gasteiger partial charge on any atom is -0.372 e. The topological polar surface area (TPSA) is 21.3 Å². The van der Waals surface area contributed by atoms with Crippen molar-refractivity contribution < 1.29 is 9.13 Å². The third-order valence-corrected chi connectivity index (χ3v) is 2.99. The van der Waals surface area contributed by atoms with Gasteiger partial charge in [0.05, 0.1) is 12.7 Å². The zero-order valence-corrected chi connectivity index (χ0v) is 9.09. The maximum absolute atomic E-state index is 13.2. The number of likely N-dealkylation sites (N-methyl/N-ethyl adjacent to an activating group) is 1. The van der Waals surface area contributed by atoms with E-state index in [1.165, 1.54) is 11.6 Å². The second kappa shape index (κ2) is 4.29. The Morgan fingerprint density at radius 3 is 3.07 bits per heavy atom. The summed E-state index contributed by atoms with van der Waals surface area (Å²) in [6.07, 6.45) is 0.845. The van der Waals surface area contributed by atoms with Gasteiger partial charge in [0, 0.05) is 6.04 Å². The van der Waals surface area contributed by atoms with Crippen molar-refractivity contribution in [2.45, 2.75) is 25.5 Å². The second-order valence-electron chi connectivity index (χ2n) is 3.96. The summed E-state index contributed by atoms with van der Waals surface area (Å²) >= 11 is 0. The van der Waals surface area contributed by atoms with Crippen LogP contribution in [0.15, 0.2) is 18.2 Å². The van der Waals surface area contributed by atoms with E-state index >= 15 is 0 Å². The Morgan fingerprint density at radius 2 is 2.33 bits per heavy atom. The van der Waals surface area contributed by atoms with E-state index in [2.05, 4.69) is 5.32 Å². The average Bonchev–Trinajstić information content (AvgIpc) is 2.27. The highest BCUT2D eigenvalue weighted by Crippen LogP contribution is 2.30. The lowest BCUT2D eigenvalue weighted by molar-refractivity contribution is 0.0212. The number of nitrogens with one attached hydrogen (secondary N) is 1. The number of halogens is 1. The van der Waals surface area contributed by atoms with Gasteiger partial charge in [-0.1, -0.05) is 6.07 Å². The number of rotatable bonds is 2. The first kappa shape index (κ1) is 10.6. The summed E-state index contributed by atoms with van der Waals surface area (Å²) in [5, 5.41) is 3.15. The molecular weight excluding hydrogens is 193 g/mol. The van der Waals surface area contributed by atoms with E-state index in [0.717, 1.165) is 18.6 Å². The van der Waals surface area contributed by atoms with Crippen molar-refractivity contribution in [3.8, 4) is 0 Å². The highest BCUT2D eigenvalue weighted by Gasteiger charge is 2.25. The third kappa shape index (κ3) is 2.03. The molecule has 1 aromatic carbocycles. The molecule has 1 aromatic rings. The summed E-state index contributed by atoms with van der Waals surface area (Å²) in [7, 11) is 1.89. The van der Waals surface area contributed by atoms with Gasteiger partial charge in [-0.2, -0.15) is 0 Å². The van der Waals surface area contributed by atoms with Crippen LogP contribution in [0.25, 0.3) is 0 Å². The van der Waals surface area contributed by atoms with Gasteiger partial charge in [-0.25, -0.2) is 4.39 Å². The fraction of sp³-hybridized carbons (Fsp3) is 0.500. The van der Waals surface area contributed by atoms with Crippen LogP contribution in [-0.2, 0) is 11.2 Å². The van der Waals surface area contributed by atoms with Crippen molar-refractivity contribution in [1.29, 1.82) is 0 Å². The van der Waals surface area contributed by atoms with E-state index in [1.54, 1.807) is 6.07 Å². The van der Waals surface area contributed by atoms with E-state index in [1.807, 2.05) is 20.0 Å².